The maximum atomic E-state index is 12.1. The number of benzene rings is 1. The van der Waals surface area contributed by atoms with Crippen LogP contribution in [0.25, 0.3) is 0 Å². The summed E-state index contributed by atoms with van der Waals surface area (Å²) in [6.45, 7) is 1.85. The maximum absolute atomic E-state index is 12.1. The van der Waals surface area contributed by atoms with Crippen molar-refractivity contribution in [2.24, 2.45) is 0 Å². The average Bonchev–Trinajstić information content (AvgIpc) is 2.38. The molecule has 0 aromatic heterocycles. The van der Waals surface area contributed by atoms with Crippen LogP contribution in [-0.2, 0) is 0 Å². The lowest BCUT2D eigenvalue weighted by atomic mass is 10.1. The maximum Gasteiger partial charge on any atom is 0.292 e. The Bertz CT molecular complexity index is 532. The van der Waals surface area contributed by atoms with Gasteiger partial charge in [-0.15, -0.1) is 0 Å². The van der Waals surface area contributed by atoms with Gasteiger partial charge in [0.25, 0.3) is 11.6 Å². The molecule has 108 valence electrons. The Morgan fingerprint density at radius 3 is 2.90 bits per heavy atom. The standard InChI is InChI=1S/C13H18N4O3/c1-16-6-2-3-10(8-16)15-13(18)9-4-5-12(17(19)20)11(14)7-9/h4-5,7,10H,2-3,6,8,14H2,1H3,(H,15,18). The van der Waals surface area contributed by atoms with Crippen LogP contribution in [0.1, 0.15) is 23.2 Å². The van der Waals surface area contributed by atoms with E-state index in [1.165, 1.54) is 18.2 Å². The minimum Gasteiger partial charge on any atom is -0.393 e. The zero-order chi connectivity index (χ0) is 14.7. The van der Waals surface area contributed by atoms with Crippen molar-refractivity contribution in [3.63, 3.8) is 0 Å². The van der Waals surface area contributed by atoms with Gasteiger partial charge in [-0.1, -0.05) is 0 Å². The zero-order valence-corrected chi connectivity index (χ0v) is 11.3. The van der Waals surface area contributed by atoms with E-state index in [1.54, 1.807) is 0 Å². The predicted octanol–water partition coefficient (Wildman–Crippen LogP) is 1.00. The van der Waals surface area contributed by atoms with E-state index in [2.05, 4.69) is 10.2 Å². The Morgan fingerprint density at radius 2 is 2.30 bits per heavy atom. The second kappa shape index (κ2) is 5.87. The summed E-state index contributed by atoms with van der Waals surface area (Å²) in [4.78, 5) is 24.4. The van der Waals surface area contributed by atoms with Crippen LogP contribution in [0, 0.1) is 10.1 Å². The Hall–Kier alpha value is -2.15. The number of nitrogens with two attached hydrogens (primary N) is 1. The number of likely N-dealkylation sites (N-methyl/N-ethyl adjacent to an activating group) is 1. The van der Waals surface area contributed by atoms with Crippen LogP contribution in [0.5, 0.6) is 0 Å². The third kappa shape index (κ3) is 3.24. The normalized spacial score (nSPS) is 19.6. The van der Waals surface area contributed by atoms with Gasteiger partial charge >= 0.3 is 0 Å². The van der Waals surface area contributed by atoms with Crippen molar-refractivity contribution in [3.05, 3.63) is 33.9 Å². The number of nitrogens with zero attached hydrogens (tertiary/aromatic N) is 2. The molecule has 7 heteroatoms. The zero-order valence-electron chi connectivity index (χ0n) is 11.3. The fraction of sp³-hybridized carbons (Fsp3) is 0.462. The molecule has 0 spiro atoms. The van der Waals surface area contributed by atoms with Crippen molar-refractivity contribution in [1.82, 2.24) is 10.2 Å². The Kier molecular flexibility index (Phi) is 4.19. The van der Waals surface area contributed by atoms with Crippen LogP contribution in [0.2, 0.25) is 0 Å². The van der Waals surface area contributed by atoms with Crippen molar-refractivity contribution in [2.45, 2.75) is 18.9 Å². The number of rotatable bonds is 3. The van der Waals surface area contributed by atoms with E-state index in [1.807, 2.05) is 7.05 Å². The summed E-state index contributed by atoms with van der Waals surface area (Å²) in [6.07, 6.45) is 1.99. The highest BCUT2D eigenvalue weighted by atomic mass is 16.6. The molecule has 1 fully saturated rings. The highest BCUT2D eigenvalue weighted by Gasteiger charge is 2.20. The molecule has 1 aliphatic heterocycles. The number of hydrogen-bond donors (Lipinski definition) is 2. The summed E-state index contributed by atoms with van der Waals surface area (Å²) in [5.74, 6) is -0.244. The molecule has 1 unspecified atom stereocenters. The Morgan fingerprint density at radius 1 is 1.55 bits per heavy atom. The number of amides is 1. The predicted molar refractivity (Wildman–Crippen MR) is 75.5 cm³/mol. The van der Waals surface area contributed by atoms with E-state index in [9.17, 15) is 14.9 Å². The van der Waals surface area contributed by atoms with Gasteiger partial charge in [-0.05, 0) is 38.6 Å². The average molecular weight is 278 g/mol. The summed E-state index contributed by atoms with van der Waals surface area (Å²) in [5.41, 5.74) is 5.76. The summed E-state index contributed by atoms with van der Waals surface area (Å²) in [5, 5.41) is 13.6. The van der Waals surface area contributed by atoms with Crippen molar-refractivity contribution >= 4 is 17.3 Å². The molecule has 1 atom stereocenters. The minimum atomic E-state index is -0.562. The third-order valence-corrected chi connectivity index (χ3v) is 3.45. The van der Waals surface area contributed by atoms with E-state index in [0.29, 0.717) is 5.56 Å². The van der Waals surface area contributed by atoms with Crippen LogP contribution in [0.4, 0.5) is 11.4 Å². The first-order valence-corrected chi connectivity index (χ1v) is 6.50. The molecule has 0 radical (unpaired) electrons. The summed E-state index contributed by atoms with van der Waals surface area (Å²) in [6, 6.07) is 4.14. The number of nitro benzene ring substituents is 1. The van der Waals surface area contributed by atoms with Gasteiger partial charge < -0.3 is 16.0 Å². The van der Waals surface area contributed by atoms with Gasteiger partial charge in [-0.2, -0.15) is 0 Å². The van der Waals surface area contributed by atoms with E-state index < -0.39 is 4.92 Å². The molecule has 0 aliphatic carbocycles. The SMILES string of the molecule is CN1CCCC(NC(=O)c2ccc([N+](=O)[O-])c(N)c2)C1. The van der Waals surface area contributed by atoms with Gasteiger partial charge in [0.05, 0.1) is 4.92 Å². The molecule has 1 heterocycles. The number of piperidine rings is 1. The minimum absolute atomic E-state index is 0.00316. The molecule has 1 amide bonds. The Labute approximate surface area is 116 Å². The molecule has 1 aliphatic rings. The van der Waals surface area contributed by atoms with Crippen LogP contribution < -0.4 is 11.1 Å². The highest BCUT2D eigenvalue weighted by Crippen LogP contribution is 2.22. The number of carbonyl (C=O) groups is 1. The van der Waals surface area contributed by atoms with Gasteiger partial charge in [-0.25, -0.2) is 0 Å². The van der Waals surface area contributed by atoms with Crippen molar-refractivity contribution < 1.29 is 9.72 Å². The molecule has 2 rings (SSSR count). The second-order valence-electron chi connectivity index (χ2n) is 5.11. The fourth-order valence-electron chi connectivity index (χ4n) is 2.41. The lowest BCUT2D eigenvalue weighted by Crippen LogP contribution is -2.46. The van der Waals surface area contributed by atoms with Crippen LogP contribution in [0.15, 0.2) is 18.2 Å². The van der Waals surface area contributed by atoms with Gasteiger partial charge in [0.15, 0.2) is 0 Å². The topological polar surface area (TPSA) is 102 Å². The van der Waals surface area contributed by atoms with Crippen LogP contribution in [-0.4, -0.2) is 41.9 Å². The second-order valence-corrected chi connectivity index (χ2v) is 5.11. The number of anilines is 1. The Balaban J connectivity index is 2.05. The molecule has 7 nitrogen and oxygen atoms in total. The summed E-state index contributed by atoms with van der Waals surface area (Å²) in [7, 11) is 2.02. The number of carbonyl (C=O) groups excluding carboxylic acids is 1. The quantitative estimate of drug-likeness (QED) is 0.488. The number of nitrogens with one attached hydrogen (secondary N) is 1. The number of hydrogen-bond acceptors (Lipinski definition) is 5. The number of likely N-dealkylation sites (tertiary alicyclic amines) is 1. The molecular weight excluding hydrogens is 260 g/mol. The summed E-state index contributed by atoms with van der Waals surface area (Å²) < 4.78 is 0. The van der Waals surface area contributed by atoms with Gasteiger partial charge in [-0.3, -0.25) is 14.9 Å². The molecule has 1 aromatic carbocycles. The lowest BCUT2D eigenvalue weighted by molar-refractivity contribution is -0.383. The largest absolute Gasteiger partial charge is 0.393 e. The van der Waals surface area contributed by atoms with E-state index in [4.69, 9.17) is 5.73 Å². The van der Waals surface area contributed by atoms with E-state index in [-0.39, 0.29) is 23.3 Å². The molecule has 1 aromatic rings. The van der Waals surface area contributed by atoms with Gasteiger partial charge in [0.2, 0.25) is 0 Å². The summed E-state index contributed by atoms with van der Waals surface area (Å²) >= 11 is 0. The highest BCUT2D eigenvalue weighted by molar-refractivity contribution is 5.95. The molecule has 0 bridgehead atoms. The number of nitrogen functional groups attached to an aromatic ring is 1. The fourth-order valence-corrected chi connectivity index (χ4v) is 2.41. The van der Waals surface area contributed by atoms with Crippen LogP contribution >= 0.6 is 0 Å². The van der Waals surface area contributed by atoms with Crippen molar-refractivity contribution in [2.75, 3.05) is 25.9 Å². The first-order valence-electron chi connectivity index (χ1n) is 6.50. The smallest absolute Gasteiger partial charge is 0.292 e. The van der Waals surface area contributed by atoms with Crippen molar-refractivity contribution in [1.29, 1.82) is 0 Å². The molecule has 1 saturated heterocycles. The molecule has 0 saturated carbocycles. The van der Waals surface area contributed by atoms with Gasteiger partial charge in [0, 0.05) is 24.2 Å². The molecule has 3 N–H and O–H groups in total. The lowest BCUT2D eigenvalue weighted by Gasteiger charge is -2.30. The first-order chi connectivity index (χ1) is 9.47. The third-order valence-electron chi connectivity index (χ3n) is 3.45. The van der Waals surface area contributed by atoms with E-state index in [0.717, 1.165) is 25.9 Å². The monoisotopic (exact) mass is 278 g/mol. The molecule has 20 heavy (non-hydrogen) atoms. The molecular formula is C13H18N4O3. The van der Waals surface area contributed by atoms with Crippen LogP contribution in [0.3, 0.4) is 0 Å². The van der Waals surface area contributed by atoms with E-state index >= 15 is 0 Å². The van der Waals surface area contributed by atoms with Gasteiger partial charge in [0.1, 0.15) is 5.69 Å². The number of nitro groups is 1. The van der Waals surface area contributed by atoms with Crippen molar-refractivity contribution in [3.8, 4) is 0 Å². The first kappa shape index (κ1) is 14.3.